The van der Waals surface area contributed by atoms with Crippen molar-refractivity contribution in [1.29, 1.82) is 0 Å². The summed E-state index contributed by atoms with van der Waals surface area (Å²) in [6, 6.07) is 8.29. The largest absolute Gasteiger partial charge is 0.398 e. The van der Waals surface area contributed by atoms with E-state index in [-0.39, 0.29) is 4.90 Å². The summed E-state index contributed by atoms with van der Waals surface area (Å²) >= 11 is 6.63. The van der Waals surface area contributed by atoms with Crippen LogP contribution in [0.2, 0.25) is 0 Å². The van der Waals surface area contributed by atoms with E-state index >= 15 is 0 Å². The van der Waals surface area contributed by atoms with Gasteiger partial charge in [0.2, 0.25) is 0 Å². The average molecular weight is 434 g/mol. The number of aryl methyl sites for hydroxylation is 2. The Kier molecular flexibility index (Phi) is 4.65. The number of nitrogens with one attached hydrogen (secondary N) is 1. The molecule has 0 radical (unpaired) electrons. The Morgan fingerprint density at radius 3 is 2.29 bits per heavy atom. The molecule has 0 bridgehead atoms. The van der Waals surface area contributed by atoms with E-state index in [9.17, 15) is 8.42 Å². The molecule has 2 aromatic carbocycles. The average Bonchev–Trinajstić information content (AvgIpc) is 2.37. The molecular weight excluding hydrogens is 420 g/mol. The van der Waals surface area contributed by atoms with E-state index in [1.807, 2.05) is 26.0 Å². The number of halogens is 2. The van der Waals surface area contributed by atoms with Crippen molar-refractivity contribution in [3.63, 3.8) is 0 Å². The Balaban J connectivity index is 2.44. The van der Waals surface area contributed by atoms with Crippen molar-refractivity contribution in [1.82, 2.24) is 0 Å². The summed E-state index contributed by atoms with van der Waals surface area (Å²) in [7, 11) is -3.68. The molecule has 0 spiro atoms. The number of hydrogen-bond acceptors (Lipinski definition) is 3. The molecule has 0 saturated carbocycles. The van der Waals surface area contributed by atoms with Crippen molar-refractivity contribution in [2.75, 3.05) is 10.5 Å². The van der Waals surface area contributed by atoms with Crippen molar-refractivity contribution in [3.8, 4) is 0 Å². The van der Waals surface area contributed by atoms with Crippen molar-refractivity contribution in [3.05, 3.63) is 50.4 Å². The molecule has 0 aliphatic rings. The summed E-state index contributed by atoms with van der Waals surface area (Å²) in [5.74, 6) is 0. The smallest absolute Gasteiger partial charge is 0.261 e. The van der Waals surface area contributed by atoms with Crippen LogP contribution < -0.4 is 10.5 Å². The summed E-state index contributed by atoms with van der Waals surface area (Å²) in [5, 5.41) is 0. The van der Waals surface area contributed by atoms with Gasteiger partial charge in [-0.1, -0.05) is 6.07 Å². The molecule has 112 valence electrons. The number of nitrogen functional groups attached to an aromatic ring is 1. The predicted molar refractivity (Wildman–Crippen MR) is 93.0 cm³/mol. The fourth-order valence-corrected chi connectivity index (χ4v) is 4.53. The van der Waals surface area contributed by atoms with E-state index in [1.54, 1.807) is 6.07 Å². The lowest BCUT2D eigenvalue weighted by Gasteiger charge is -2.14. The first-order valence-electron chi connectivity index (χ1n) is 6.05. The number of hydrogen-bond donors (Lipinski definition) is 2. The number of sulfonamides is 1. The standard InChI is InChI=1S/C14H14Br2N2O2S/c1-8-5-9(2)14(12(16)6-8)18-21(19,20)10-3-4-13(17)11(15)7-10/h3-7,18H,17H2,1-2H3. The van der Waals surface area contributed by atoms with Crippen molar-refractivity contribution < 1.29 is 8.42 Å². The van der Waals surface area contributed by atoms with Gasteiger partial charge in [-0.25, -0.2) is 8.42 Å². The summed E-state index contributed by atoms with van der Waals surface area (Å²) in [6.45, 7) is 3.81. The monoisotopic (exact) mass is 432 g/mol. The van der Waals surface area contributed by atoms with Gasteiger partial charge in [-0.2, -0.15) is 0 Å². The van der Waals surface area contributed by atoms with Crippen LogP contribution >= 0.6 is 31.9 Å². The molecular formula is C14H14Br2N2O2S. The van der Waals surface area contributed by atoms with Gasteiger partial charge in [-0.3, -0.25) is 4.72 Å². The molecule has 21 heavy (non-hydrogen) atoms. The summed E-state index contributed by atoms with van der Waals surface area (Å²) < 4.78 is 28.8. The lowest BCUT2D eigenvalue weighted by molar-refractivity contribution is 0.601. The second kappa shape index (κ2) is 5.98. The van der Waals surface area contributed by atoms with E-state index in [2.05, 4.69) is 36.6 Å². The zero-order chi connectivity index (χ0) is 15.8. The van der Waals surface area contributed by atoms with Gasteiger partial charge < -0.3 is 5.73 Å². The minimum atomic E-state index is -3.68. The molecule has 0 fully saturated rings. The van der Waals surface area contributed by atoms with E-state index < -0.39 is 10.0 Å². The Bertz CT molecular complexity index is 782. The summed E-state index contributed by atoms with van der Waals surface area (Å²) in [4.78, 5) is 0.149. The van der Waals surface area contributed by atoms with E-state index in [0.29, 0.717) is 20.3 Å². The minimum Gasteiger partial charge on any atom is -0.398 e. The highest BCUT2D eigenvalue weighted by Crippen LogP contribution is 2.31. The van der Waals surface area contributed by atoms with Crippen LogP contribution in [0, 0.1) is 13.8 Å². The van der Waals surface area contributed by atoms with Crippen LogP contribution in [0.5, 0.6) is 0 Å². The van der Waals surface area contributed by atoms with Crippen molar-refractivity contribution in [2.45, 2.75) is 18.7 Å². The number of rotatable bonds is 3. The highest BCUT2D eigenvalue weighted by molar-refractivity contribution is 9.11. The number of benzene rings is 2. The van der Waals surface area contributed by atoms with Crippen LogP contribution in [0.3, 0.4) is 0 Å². The first-order chi connectivity index (χ1) is 9.70. The molecule has 0 heterocycles. The van der Waals surface area contributed by atoms with Gasteiger partial charge in [-0.15, -0.1) is 0 Å². The van der Waals surface area contributed by atoms with Gasteiger partial charge in [0.15, 0.2) is 0 Å². The van der Waals surface area contributed by atoms with Crippen molar-refractivity contribution >= 4 is 53.3 Å². The second-order valence-corrected chi connectivity index (χ2v) is 8.12. The van der Waals surface area contributed by atoms with Gasteiger partial charge in [-0.05, 0) is 81.1 Å². The maximum Gasteiger partial charge on any atom is 0.261 e. The lowest BCUT2D eigenvalue weighted by Crippen LogP contribution is -2.14. The van der Waals surface area contributed by atoms with E-state index in [0.717, 1.165) is 11.1 Å². The van der Waals surface area contributed by atoms with Crippen LogP contribution in [0.25, 0.3) is 0 Å². The highest BCUT2D eigenvalue weighted by atomic mass is 79.9. The molecule has 0 saturated heterocycles. The Morgan fingerprint density at radius 1 is 1.05 bits per heavy atom. The Hall–Kier alpha value is -1.05. The quantitative estimate of drug-likeness (QED) is 0.712. The zero-order valence-electron chi connectivity index (χ0n) is 11.4. The maximum atomic E-state index is 12.5. The highest BCUT2D eigenvalue weighted by Gasteiger charge is 2.18. The second-order valence-electron chi connectivity index (χ2n) is 4.73. The zero-order valence-corrected chi connectivity index (χ0v) is 15.4. The Morgan fingerprint density at radius 2 is 1.71 bits per heavy atom. The third-order valence-electron chi connectivity index (χ3n) is 2.95. The van der Waals surface area contributed by atoms with Crippen LogP contribution in [-0.4, -0.2) is 8.42 Å². The Labute approximate surface area is 141 Å². The lowest BCUT2D eigenvalue weighted by atomic mass is 10.1. The molecule has 0 aromatic heterocycles. The van der Waals surface area contributed by atoms with E-state index in [4.69, 9.17) is 5.73 Å². The third-order valence-corrected chi connectivity index (χ3v) is 5.61. The van der Waals surface area contributed by atoms with E-state index in [1.165, 1.54) is 12.1 Å². The predicted octanol–water partition coefficient (Wildman–Crippen LogP) is 4.21. The normalized spacial score (nSPS) is 11.4. The molecule has 0 aliphatic heterocycles. The summed E-state index contributed by atoms with van der Waals surface area (Å²) in [6.07, 6.45) is 0. The maximum absolute atomic E-state index is 12.5. The molecule has 3 N–H and O–H groups in total. The van der Waals surface area contributed by atoms with Crippen LogP contribution in [0.15, 0.2) is 44.2 Å². The fourth-order valence-electron chi connectivity index (χ4n) is 1.91. The third kappa shape index (κ3) is 3.59. The van der Waals surface area contributed by atoms with Crippen LogP contribution in [0.1, 0.15) is 11.1 Å². The molecule has 2 aromatic rings. The van der Waals surface area contributed by atoms with Gasteiger partial charge in [0.05, 0.1) is 10.6 Å². The van der Waals surface area contributed by atoms with Gasteiger partial charge in [0, 0.05) is 14.6 Å². The first kappa shape index (κ1) is 16.3. The van der Waals surface area contributed by atoms with Crippen molar-refractivity contribution in [2.24, 2.45) is 0 Å². The molecule has 0 atom stereocenters. The van der Waals surface area contributed by atoms with Gasteiger partial charge in [0.1, 0.15) is 0 Å². The summed E-state index contributed by atoms with van der Waals surface area (Å²) in [5.41, 5.74) is 8.60. The fraction of sp³-hybridized carbons (Fsp3) is 0.143. The molecule has 4 nitrogen and oxygen atoms in total. The SMILES string of the molecule is Cc1cc(C)c(NS(=O)(=O)c2ccc(N)c(Br)c2)c(Br)c1. The van der Waals surface area contributed by atoms with Crippen LogP contribution in [0.4, 0.5) is 11.4 Å². The molecule has 2 rings (SSSR count). The molecule has 0 unspecified atom stereocenters. The van der Waals surface area contributed by atoms with Gasteiger partial charge in [0.25, 0.3) is 10.0 Å². The number of nitrogens with two attached hydrogens (primary N) is 1. The topological polar surface area (TPSA) is 72.2 Å². The number of anilines is 2. The molecule has 0 amide bonds. The molecule has 0 aliphatic carbocycles. The van der Waals surface area contributed by atoms with Crippen LogP contribution in [-0.2, 0) is 10.0 Å². The van der Waals surface area contributed by atoms with Gasteiger partial charge >= 0.3 is 0 Å². The first-order valence-corrected chi connectivity index (χ1v) is 9.12. The minimum absolute atomic E-state index is 0.149. The molecule has 7 heteroatoms.